The van der Waals surface area contributed by atoms with Crippen molar-refractivity contribution in [2.24, 2.45) is 0 Å². The van der Waals surface area contributed by atoms with Crippen molar-refractivity contribution < 1.29 is 9.05 Å². The van der Waals surface area contributed by atoms with Crippen molar-refractivity contribution >= 4 is 20.8 Å². The third-order valence-electron chi connectivity index (χ3n) is 5.14. The van der Waals surface area contributed by atoms with Crippen LogP contribution in [0.1, 0.15) is 42.4 Å². The molecule has 0 aliphatic heterocycles. The zero-order valence-electron chi connectivity index (χ0n) is 17.6. The van der Waals surface area contributed by atoms with Gasteiger partial charge in [0.2, 0.25) is 0 Å². The average molecular weight is 439 g/mol. The van der Waals surface area contributed by atoms with Gasteiger partial charge in [0.15, 0.2) is 9.03 Å². The Kier molecular flexibility index (Phi) is 9.92. The Bertz CT molecular complexity index is 731. The van der Waals surface area contributed by atoms with Gasteiger partial charge in [-0.05, 0) is 35.3 Å². The van der Waals surface area contributed by atoms with Crippen molar-refractivity contribution in [1.29, 1.82) is 0 Å². The molecule has 0 aliphatic carbocycles. The van der Waals surface area contributed by atoms with E-state index in [2.05, 4.69) is 103 Å². The lowest BCUT2D eigenvalue weighted by Crippen LogP contribution is -2.26. The number of unbranched alkanes of at least 4 members (excludes halogenated alkanes) is 3. The Hall–Kier alpha value is -1.64. The molecule has 0 aromatic heterocycles. The van der Waals surface area contributed by atoms with Crippen LogP contribution in [-0.2, 0) is 13.8 Å². The number of rotatable bonds is 13. The average Bonchev–Trinajstić information content (AvgIpc) is 2.82. The first-order valence-corrected chi connectivity index (χ1v) is 12.4. The van der Waals surface area contributed by atoms with Crippen LogP contribution in [0.15, 0.2) is 91.0 Å². The fraction of sp³-hybridized carbons (Fsp3) is 0.308. The van der Waals surface area contributed by atoms with Crippen LogP contribution in [0.5, 0.6) is 0 Å². The molecule has 0 heterocycles. The van der Waals surface area contributed by atoms with Gasteiger partial charge in [0.1, 0.15) is 0 Å². The number of hydrogen-bond donors (Lipinski definition) is 0. The van der Waals surface area contributed by atoms with E-state index >= 15 is 0 Å². The molecule has 4 heteroatoms. The van der Waals surface area contributed by atoms with Gasteiger partial charge in [0, 0.05) is 7.11 Å². The van der Waals surface area contributed by atoms with Gasteiger partial charge in [-0.15, -0.1) is 11.8 Å². The second-order valence-corrected chi connectivity index (χ2v) is 9.35. The van der Waals surface area contributed by atoms with Gasteiger partial charge in [0.25, 0.3) is 0 Å². The zero-order chi connectivity index (χ0) is 20.9. The van der Waals surface area contributed by atoms with Crippen molar-refractivity contribution in [2.75, 3.05) is 19.5 Å². The summed E-state index contributed by atoms with van der Waals surface area (Å²) in [6.07, 6.45) is 4.72. The quantitative estimate of drug-likeness (QED) is 0.157. The molecule has 3 aromatic carbocycles. The van der Waals surface area contributed by atoms with Crippen molar-refractivity contribution in [3.05, 3.63) is 108 Å². The second kappa shape index (κ2) is 12.9. The summed E-state index contributed by atoms with van der Waals surface area (Å²) in [4.78, 5) is 0. The van der Waals surface area contributed by atoms with Crippen LogP contribution in [0.3, 0.4) is 0 Å². The summed E-state index contributed by atoms with van der Waals surface area (Å²) < 4.78 is 10.2. The van der Waals surface area contributed by atoms with E-state index < -0.39 is 0 Å². The summed E-state index contributed by atoms with van der Waals surface area (Å²) in [5, 5.41) is 0. The van der Waals surface area contributed by atoms with Crippen LogP contribution >= 0.6 is 20.8 Å². The molecule has 0 radical (unpaired) electrons. The van der Waals surface area contributed by atoms with Gasteiger partial charge >= 0.3 is 0 Å². The molecule has 0 bridgehead atoms. The summed E-state index contributed by atoms with van der Waals surface area (Å²) >= 11 is 2.05. The Morgan fingerprint density at radius 3 is 1.60 bits per heavy atom. The lowest BCUT2D eigenvalue weighted by molar-refractivity contribution is 0.292. The van der Waals surface area contributed by atoms with E-state index in [-0.39, 0.29) is 13.8 Å². The molecule has 158 valence electrons. The molecule has 0 spiro atoms. The SMILES string of the molecule is COPOCCCCCCSC(c1ccccc1)(c1ccccc1)c1ccccc1. The van der Waals surface area contributed by atoms with Crippen LogP contribution in [0.2, 0.25) is 0 Å². The minimum atomic E-state index is -0.202. The summed E-state index contributed by atoms with van der Waals surface area (Å²) in [7, 11) is 1.84. The molecular formula is C26H31O2PS. The van der Waals surface area contributed by atoms with Crippen LogP contribution in [0.4, 0.5) is 0 Å². The van der Waals surface area contributed by atoms with E-state index in [9.17, 15) is 0 Å². The molecule has 0 saturated heterocycles. The van der Waals surface area contributed by atoms with Gasteiger partial charge in [-0.3, -0.25) is 0 Å². The second-order valence-electron chi connectivity index (χ2n) is 7.18. The molecule has 0 N–H and O–H groups in total. The molecule has 0 amide bonds. The molecule has 0 fully saturated rings. The fourth-order valence-electron chi connectivity index (χ4n) is 3.72. The zero-order valence-corrected chi connectivity index (χ0v) is 19.4. The summed E-state index contributed by atoms with van der Waals surface area (Å²) in [5.41, 5.74) is 4.00. The first-order valence-electron chi connectivity index (χ1n) is 10.6. The van der Waals surface area contributed by atoms with E-state index in [4.69, 9.17) is 9.05 Å². The van der Waals surface area contributed by atoms with Crippen LogP contribution in [0.25, 0.3) is 0 Å². The monoisotopic (exact) mass is 438 g/mol. The fourth-order valence-corrected chi connectivity index (χ4v) is 5.63. The lowest BCUT2D eigenvalue weighted by Gasteiger charge is -2.35. The van der Waals surface area contributed by atoms with Gasteiger partial charge in [-0.25, -0.2) is 0 Å². The van der Waals surface area contributed by atoms with Gasteiger partial charge in [0.05, 0.1) is 11.4 Å². The summed E-state index contributed by atoms with van der Waals surface area (Å²) in [5.74, 6) is 1.11. The van der Waals surface area contributed by atoms with Crippen molar-refractivity contribution in [3.63, 3.8) is 0 Å². The largest absolute Gasteiger partial charge is 0.340 e. The van der Waals surface area contributed by atoms with Gasteiger partial charge < -0.3 is 9.05 Å². The molecule has 1 unspecified atom stereocenters. The van der Waals surface area contributed by atoms with Crippen LogP contribution in [0, 0.1) is 0 Å². The predicted molar refractivity (Wildman–Crippen MR) is 131 cm³/mol. The number of benzene rings is 3. The highest BCUT2D eigenvalue weighted by Crippen LogP contribution is 2.48. The molecule has 3 rings (SSSR count). The first kappa shape index (κ1) is 23.0. The van der Waals surface area contributed by atoms with E-state index in [1.807, 2.05) is 0 Å². The molecule has 0 aliphatic rings. The maximum Gasteiger partial charge on any atom is 0.154 e. The molecular weight excluding hydrogens is 407 g/mol. The maximum atomic E-state index is 5.42. The third-order valence-corrected chi connectivity index (χ3v) is 7.26. The van der Waals surface area contributed by atoms with E-state index in [0.29, 0.717) is 0 Å². The molecule has 0 saturated carbocycles. The van der Waals surface area contributed by atoms with Gasteiger partial charge in [-0.2, -0.15) is 0 Å². The first-order chi connectivity index (χ1) is 14.9. The standard InChI is InChI=1S/C26H31O2PS/c1-27-29-28-21-13-2-3-14-22-30-26(23-15-7-4-8-16-23,24-17-9-5-10-18-24)25-19-11-6-12-20-25/h4-12,15-20,29H,2-3,13-14,21-22H2,1H3. The Morgan fingerprint density at radius 2 is 1.13 bits per heavy atom. The molecule has 3 aromatic rings. The van der Waals surface area contributed by atoms with Crippen molar-refractivity contribution in [2.45, 2.75) is 30.4 Å². The molecule has 2 nitrogen and oxygen atoms in total. The van der Waals surface area contributed by atoms with E-state index in [1.54, 1.807) is 7.11 Å². The Balaban J connectivity index is 1.77. The van der Waals surface area contributed by atoms with Crippen molar-refractivity contribution in [1.82, 2.24) is 0 Å². The number of hydrogen-bond acceptors (Lipinski definition) is 3. The van der Waals surface area contributed by atoms with Crippen LogP contribution in [-0.4, -0.2) is 19.5 Å². The van der Waals surface area contributed by atoms with Crippen LogP contribution < -0.4 is 0 Å². The van der Waals surface area contributed by atoms with E-state index in [1.165, 1.54) is 36.0 Å². The summed E-state index contributed by atoms with van der Waals surface area (Å²) in [6, 6.07) is 32.8. The van der Waals surface area contributed by atoms with Crippen molar-refractivity contribution in [3.8, 4) is 0 Å². The number of thioether (sulfide) groups is 1. The predicted octanol–water partition coefficient (Wildman–Crippen LogP) is 7.44. The Labute approximate surface area is 187 Å². The smallest absolute Gasteiger partial charge is 0.154 e. The highest BCUT2D eigenvalue weighted by atomic mass is 32.2. The topological polar surface area (TPSA) is 18.5 Å². The minimum Gasteiger partial charge on any atom is -0.340 e. The molecule has 30 heavy (non-hydrogen) atoms. The molecule has 1 atom stereocenters. The normalized spacial score (nSPS) is 11.9. The van der Waals surface area contributed by atoms with E-state index in [0.717, 1.165) is 18.8 Å². The highest BCUT2D eigenvalue weighted by Gasteiger charge is 2.36. The lowest BCUT2D eigenvalue weighted by atomic mass is 9.84. The Morgan fingerprint density at radius 1 is 0.667 bits per heavy atom. The van der Waals surface area contributed by atoms with Gasteiger partial charge in [-0.1, -0.05) is 104 Å². The minimum absolute atomic E-state index is 0.167. The summed E-state index contributed by atoms with van der Waals surface area (Å²) in [6.45, 7) is 0.793. The highest BCUT2D eigenvalue weighted by molar-refractivity contribution is 8.00. The maximum absolute atomic E-state index is 5.42. The third kappa shape index (κ3) is 6.18.